The van der Waals surface area contributed by atoms with E-state index in [9.17, 15) is 0 Å². The van der Waals surface area contributed by atoms with Crippen molar-refractivity contribution in [3.05, 3.63) is 29.3 Å². The van der Waals surface area contributed by atoms with Crippen LogP contribution in [0.25, 0.3) is 0 Å². The molecule has 3 rings (SSSR count). The third-order valence-electron chi connectivity index (χ3n) is 5.05. The summed E-state index contributed by atoms with van der Waals surface area (Å²) < 4.78 is 5.98. The summed E-state index contributed by atoms with van der Waals surface area (Å²) in [7, 11) is 0. The van der Waals surface area contributed by atoms with Gasteiger partial charge in [0.15, 0.2) is 0 Å². The van der Waals surface area contributed by atoms with Gasteiger partial charge in [-0.05, 0) is 68.6 Å². The normalized spacial score (nSPS) is 17.3. The Labute approximate surface area is 162 Å². The number of piperidine rings is 1. The first-order chi connectivity index (χ1) is 12.8. The molecule has 0 N–H and O–H groups in total. The molecule has 0 amide bonds. The first-order valence-electron chi connectivity index (χ1n) is 11.0. The summed E-state index contributed by atoms with van der Waals surface area (Å²) in [5, 5.41) is 0. The van der Waals surface area contributed by atoms with Gasteiger partial charge in [-0.15, -0.1) is 0 Å². The monoisotopic (exact) mass is 362 g/mol. The van der Waals surface area contributed by atoms with Crippen LogP contribution >= 0.6 is 0 Å². The van der Waals surface area contributed by atoms with E-state index >= 15 is 0 Å². The molecular weight excluding hydrogens is 320 g/mol. The maximum absolute atomic E-state index is 5.98. The minimum Gasteiger partial charge on any atom is -0.494 e. The molecule has 0 radical (unpaired) electrons. The molecule has 3 nitrogen and oxygen atoms in total. The van der Waals surface area contributed by atoms with Gasteiger partial charge >= 0.3 is 0 Å². The highest BCUT2D eigenvalue weighted by molar-refractivity contribution is 5.37. The average Bonchev–Trinajstić information content (AvgIpc) is 2.74. The van der Waals surface area contributed by atoms with E-state index in [0.29, 0.717) is 0 Å². The Balaban J connectivity index is 0.000000791. The summed E-state index contributed by atoms with van der Waals surface area (Å²) in [5.41, 5.74) is 2.96. The van der Waals surface area contributed by atoms with Crippen LogP contribution in [0.15, 0.2) is 18.2 Å². The van der Waals surface area contributed by atoms with E-state index in [2.05, 4.69) is 34.9 Å². The molecule has 150 valence electrons. The summed E-state index contributed by atoms with van der Waals surface area (Å²) in [6, 6.07) is 6.68. The predicted molar refractivity (Wildman–Crippen MR) is 114 cm³/mol. The smallest absolute Gasteiger partial charge is 0.119 e. The minimum absolute atomic E-state index is 0.844. The topological polar surface area (TPSA) is 15.7 Å². The zero-order valence-corrected chi connectivity index (χ0v) is 18.0. The van der Waals surface area contributed by atoms with Gasteiger partial charge in [-0.3, -0.25) is 4.90 Å². The molecule has 0 atom stereocenters. The molecular formula is C23H42N2O. The first-order valence-corrected chi connectivity index (χ1v) is 11.0. The molecule has 2 heterocycles. The van der Waals surface area contributed by atoms with E-state index in [4.69, 9.17) is 4.74 Å². The van der Waals surface area contributed by atoms with Crippen LogP contribution in [-0.4, -0.2) is 49.1 Å². The van der Waals surface area contributed by atoms with E-state index in [-0.39, 0.29) is 0 Å². The van der Waals surface area contributed by atoms with Crippen molar-refractivity contribution in [1.82, 2.24) is 9.80 Å². The zero-order chi connectivity index (χ0) is 19.2. The quantitative estimate of drug-likeness (QED) is 0.633. The predicted octanol–water partition coefficient (Wildman–Crippen LogP) is 5.37. The van der Waals surface area contributed by atoms with Gasteiger partial charge < -0.3 is 9.64 Å². The van der Waals surface area contributed by atoms with Crippen molar-refractivity contribution in [2.24, 2.45) is 0 Å². The Bertz CT molecular complexity index is 469. The Kier molecular flexibility index (Phi) is 12.4. The van der Waals surface area contributed by atoms with Crippen molar-refractivity contribution in [3.8, 4) is 5.75 Å². The van der Waals surface area contributed by atoms with Crippen LogP contribution in [0.5, 0.6) is 5.75 Å². The highest BCUT2D eigenvalue weighted by Crippen LogP contribution is 2.23. The van der Waals surface area contributed by atoms with Crippen molar-refractivity contribution >= 4 is 0 Å². The molecule has 0 bridgehead atoms. The summed E-state index contributed by atoms with van der Waals surface area (Å²) in [5.74, 6) is 1.06. The molecule has 26 heavy (non-hydrogen) atoms. The van der Waals surface area contributed by atoms with Gasteiger partial charge in [-0.2, -0.15) is 0 Å². The number of rotatable bonds is 6. The largest absolute Gasteiger partial charge is 0.494 e. The van der Waals surface area contributed by atoms with Gasteiger partial charge in [-0.1, -0.05) is 47.1 Å². The van der Waals surface area contributed by atoms with Gasteiger partial charge in [0.1, 0.15) is 5.75 Å². The van der Waals surface area contributed by atoms with E-state index in [1.165, 1.54) is 56.6 Å². The first kappa shape index (κ1) is 23.0. The molecule has 0 saturated carbocycles. The van der Waals surface area contributed by atoms with Gasteiger partial charge in [0, 0.05) is 19.6 Å². The van der Waals surface area contributed by atoms with E-state index in [0.717, 1.165) is 38.3 Å². The SMILES string of the molecule is CC.CC.CCN1CCc2cc(OCCCN3CCCCC3)ccc2C1. The highest BCUT2D eigenvalue weighted by Gasteiger charge is 2.15. The Morgan fingerprint density at radius 3 is 2.31 bits per heavy atom. The third kappa shape index (κ3) is 7.67. The summed E-state index contributed by atoms with van der Waals surface area (Å²) in [6.45, 7) is 18.3. The van der Waals surface area contributed by atoms with Crippen LogP contribution < -0.4 is 4.74 Å². The molecule has 2 aliphatic rings. The summed E-state index contributed by atoms with van der Waals surface area (Å²) >= 11 is 0. The number of nitrogens with zero attached hydrogens (tertiary/aromatic N) is 2. The van der Waals surface area contributed by atoms with Crippen LogP contribution in [0, 0.1) is 0 Å². The molecule has 1 aromatic carbocycles. The van der Waals surface area contributed by atoms with Crippen LogP contribution in [-0.2, 0) is 13.0 Å². The lowest BCUT2D eigenvalue weighted by atomic mass is 9.99. The van der Waals surface area contributed by atoms with E-state index < -0.39 is 0 Å². The summed E-state index contributed by atoms with van der Waals surface area (Å²) in [4.78, 5) is 5.08. The summed E-state index contributed by atoms with van der Waals surface area (Å²) in [6.07, 6.45) is 6.47. The number of likely N-dealkylation sites (tertiary alicyclic amines) is 1. The second-order valence-electron chi connectivity index (χ2n) is 6.65. The van der Waals surface area contributed by atoms with Crippen molar-refractivity contribution in [1.29, 1.82) is 0 Å². The number of ether oxygens (including phenoxy) is 1. The van der Waals surface area contributed by atoms with Gasteiger partial charge in [0.2, 0.25) is 0 Å². The Morgan fingerprint density at radius 2 is 1.62 bits per heavy atom. The van der Waals surface area contributed by atoms with Crippen LogP contribution in [0.1, 0.15) is 71.4 Å². The Morgan fingerprint density at radius 1 is 0.885 bits per heavy atom. The van der Waals surface area contributed by atoms with Crippen molar-refractivity contribution in [2.75, 3.05) is 39.3 Å². The maximum atomic E-state index is 5.98. The molecule has 0 unspecified atom stereocenters. The number of hydrogen-bond acceptors (Lipinski definition) is 3. The lowest BCUT2D eigenvalue weighted by Gasteiger charge is -2.28. The lowest BCUT2D eigenvalue weighted by molar-refractivity contribution is 0.204. The third-order valence-corrected chi connectivity index (χ3v) is 5.05. The number of benzene rings is 1. The fourth-order valence-electron chi connectivity index (χ4n) is 3.61. The standard InChI is InChI=1S/C19H30N2O.2C2H6/c1-2-20-13-9-17-15-19(8-7-18(17)16-20)22-14-6-12-21-10-4-3-5-11-21;2*1-2/h7-8,15H,2-6,9-14,16H2,1H3;2*1-2H3. The molecule has 3 heteroatoms. The van der Waals surface area contributed by atoms with Gasteiger partial charge in [0.25, 0.3) is 0 Å². The average molecular weight is 363 g/mol. The highest BCUT2D eigenvalue weighted by atomic mass is 16.5. The fourth-order valence-corrected chi connectivity index (χ4v) is 3.61. The van der Waals surface area contributed by atoms with Gasteiger partial charge in [0.05, 0.1) is 6.61 Å². The molecule has 1 saturated heterocycles. The molecule has 1 fully saturated rings. The van der Waals surface area contributed by atoms with Crippen LogP contribution in [0.2, 0.25) is 0 Å². The van der Waals surface area contributed by atoms with E-state index in [1.807, 2.05) is 27.7 Å². The van der Waals surface area contributed by atoms with Crippen molar-refractivity contribution < 1.29 is 4.74 Å². The second-order valence-corrected chi connectivity index (χ2v) is 6.65. The second kappa shape index (κ2) is 14.1. The molecule has 2 aliphatic heterocycles. The van der Waals surface area contributed by atoms with Crippen LogP contribution in [0.4, 0.5) is 0 Å². The fraction of sp³-hybridized carbons (Fsp3) is 0.739. The number of fused-ring (bicyclic) bond motifs is 1. The maximum Gasteiger partial charge on any atom is 0.119 e. The van der Waals surface area contributed by atoms with Gasteiger partial charge in [-0.25, -0.2) is 0 Å². The molecule has 1 aromatic rings. The van der Waals surface area contributed by atoms with Crippen molar-refractivity contribution in [2.45, 2.75) is 73.3 Å². The lowest BCUT2D eigenvalue weighted by Crippen LogP contribution is -2.31. The Hall–Kier alpha value is -1.06. The number of hydrogen-bond donors (Lipinski definition) is 0. The molecule has 0 aliphatic carbocycles. The van der Waals surface area contributed by atoms with Crippen LogP contribution in [0.3, 0.4) is 0 Å². The van der Waals surface area contributed by atoms with E-state index in [1.54, 1.807) is 0 Å². The molecule has 0 spiro atoms. The zero-order valence-electron chi connectivity index (χ0n) is 18.0. The minimum atomic E-state index is 0.844. The molecule has 0 aromatic heterocycles. The number of likely N-dealkylation sites (N-methyl/N-ethyl adjacent to an activating group) is 1. The van der Waals surface area contributed by atoms with Crippen molar-refractivity contribution in [3.63, 3.8) is 0 Å².